The molecule has 0 aromatic heterocycles. The maximum absolute atomic E-state index is 10.7. The van der Waals surface area contributed by atoms with Gasteiger partial charge in [-0.15, -0.1) is 0 Å². The number of nitrogens with one attached hydrogen (secondary N) is 1. The zero-order chi connectivity index (χ0) is 10.8. The van der Waals surface area contributed by atoms with Gasteiger partial charge in [0.25, 0.3) is 5.91 Å². The Bertz CT molecular complexity index is 431. The average molecular weight is 236 g/mol. The molecule has 1 unspecified atom stereocenters. The topological polar surface area (TPSA) is 98.1 Å². The van der Waals surface area contributed by atoms with Crippen LogP contribution < -0.4 is 35.3 Å². The van der Waals surface area contributed by atoms with Crippen molar-refractivity contribution in [1.29, 1.82) is 0 Å². The van der Waals surface area contributed by atoms with E-state index >= 15 is 0 Å². The molecular formula is C8H7NNaO4S. The molecule has 1 atom stereocenters. The van der Waals surface area contributed by atoms with Crippen molar-refractivity contribution in [2.75, 3.05) is 0 Å². The Kier molecular flexibility index (Phi) is 5.47. The van der Waals surface area contributed by atoms with Crippen molar-refractivity contribution in [3.8, 4) is 0 Å². The quantitative estimate of drug-likeness (QED) is 0.415. The molecule has 1 N–H and O–H groups in total. The summed E-state index contributed by atoms with van der Waals surface area (Å²) in [5.74, 6) is -1.41. The molecule has 1 aromatic carbocycles. The van der Waals surface area contributed by atoms with Crippen LogP contribution in [-0.2, 0) is 14.9 Å². The van der Waals surface area contributed by atoms with E-state index in [0.29, 0.717) is 0 Å². The van der Waals surface area contributed by atoms with Crippen LogP contribution in [0.15, 0.2) is 30.3 Å². The summed E-state index contributed by atoms with van der Waals surface area (Å²) in [5, 5.41) is -1.91. The van der Waals surface area contributed by atoms with Crippen molar-refractivity contribution in [3.63, 3.8) is 0 Å². The predicted octanol–water partition coefficient (Wildman–Crippen LogP) is -2.91. The summed E-state index contributed by atoms with van der Waals surface area (Å²) in [5.41, 5.74) is 6.74. The van der Waals surface area contributed by atoms with E-state index < -0.39 is 21.3 Å². The van der Waals surface area contributed by atoms with Crippen molar-refractivity contribution in [2.24, 2.45) is 0 Å². The van der Waals surface area contributed by atoms with E-state index in [1.807, 2.05) is 0 Å². The van der Waals surface area contributed by atoms with Crippen LogP contribution in [0.3, 0.4) is 0 Å². The van der Waals surface area contributed by atoms with Gasteiger partial charge >= 0.3 is 29.6 Å². The van der Waals surface area contributed by atoms with Crippen LogP contribution in [0.5, 0.6) is 0 Å². The number of hydrogen-bond acceptors (Lipinski definition) is 4. The van der Waals surface area contributed by atoms with Gasteiger partial charge in [-0.1, -0.05) is 30.3 Å². The maximum atomic E-state index is 10.7. The Labute approximate surface area is 110 Å². The van der Waals surface area contributed by atoms with Crippen LogP contribution >= 0.6 is 0 Å². The Balaban J connectivity index is 0.00000196. The molecule has 1 radical (unpaired) electrons. The average Bonchev–Trinajstić information content (AvgIpc) is 2.02. The standard InChI is InChI=1S/C8H8NO4S.Na/c9-8(10)7(14(11,12)13)6-4-2-1-3-5-6;/h1-5,7,9H,(H,11,12,13);/q;+1/p-1. The van der Waals surface area contributed by atoms with Crippen LogP contribution in [0, 0.1) is 0 Å². The number of carbonyl (C=O) groups is 1. The maximum Gasteiger partial charge on any atom is 1.00 e. The molecule has 7 heteroatoms. The van der Waals surface area contributed by atoms with E-state index in [2.05, 4.69) is 0 Å². The van der Waals surface area contributed by atoms with E-state index in [-0.39, 0.29) is 35.1 Å². The van der Waals surface area contributed by atoms with E-state index in [1.165, 1.54) is 24.3 Å². The molecule has 15 heavy (non-hydrogen) atoms. The Hall–Kier alpha value is -0.400. The summed E-state index contributed by atoms with van der Waals surface area (Å²) in [6.45, 7) is 0. The van der Waals surface area contributed by atoms with Crippen LogP contribution in [0.4, 0.5) is 0 Å². The smallest absolute Gasteiger partial charge is 0.747 e. The number of hydrogen-bond donors (Lipinski definition) is 0. The molecule has 0 aliphatic carbocycles. The fourth-order valence-electron chi connectivity index (χ4n) is 1.08. The minimum Gasteiger partial charge on any atom is -0.747 e. The molecule has 1 aromatic rings. The van der Waals surface area contributed by atoms with Gasteiger partial charge < -0.3 is 4.55 Å². The third-order valence-electron chi connectivity index (χ3n) is 1.63. The largest absolute Gasteiger partial charge is 1.00 e. The van der Waals surface area contributed by atoms with Gasteiger partial charge in [0, 0.05) is 0 Å². The zero-order valence-electron chi connectivity index (χ0n) is 8.01. The van der Waals surface area contributed by atoms with Crippen molar-refractivity contribution < 1.29 is 47.3 Å². The second-order valence-corrected chi connectivity index (χ2v) is 4.10. The molecule has 0 fully saturated rings. The molecule has 0 aliphatic heterocycles. The van der Waals surface area contributed by atoms with Gasteiger partial charge in [-0.05, 0) is 5.56 Å². The van der Waals surface area contributed by atoms with Gasteiger partial charge in [0.05, 0.1) is 0 Å². The number of rotatable bonds is 3. The second-order valence-electron chi connectivity index (χ2n) is 2.65. The van der Waals surface area contributed by atoms with Gasteiger partial charge in [-0.25, -0.2) is 8.42 Å². The molecule has 1 amide bonds. The van der Waals surface area contributed by atoms with Gasteiger partial charge in [-0.2, -0.15) is 0 Å². The van der Waals surface area contributed by atoms with Crippen molar-refractivity contribution in [1.82, 2.24) is 5.73 Å². The molecule has 0 saturated carbocycles. The second kappa shape index (κ2) is 5.62. The molecule has 0 heterocycles. The number of carbonyl (C=O) groups excluding carboxylic acids is 1. The van der Waals surface area contributed by atoms with Crippen LogP contribution in [0.25, 0.3) is 0 Å². The van der Waals surface area contributed by atoms with Gasteiger partial charge in [-0.3, -0.25) is 10.5 Å². The normalized spacial score (nSPS) is 12.6. The molecule has 0 bridgehead atoms. The molecule has 5 nitrogen and oxygen atoms in total. The fourth-order valence-corrected chi connectivity index (χ4v) is 1.83. The molecule has 0 spiro atoms. The monoisotopic (exact) mass is 236 g/mol. The van der Waals surface area contributed by atoms with Crippen molar-refractivity contribution in [2.45, 2.75) is 5.25 Å². The summed E-state index contributed by atoms with van der Waals surface area (Å²) in [4.78, 5) is 10.7. The summed E-state index contributed by atoms with van der Waals surface area (Å²) < 4.78 is 32.0. The first-order chi connectivity index (χ1) is 6.43. The number of benzene rings is 1. The van der Waals surface area contributed by atoms with Crippen LogP contribution in [0.2, 0.25) is 0 Å². The molecule has 0 aliphatic rings. The first kappa shape index (κ1) is 14.6. The minimum absolute atomic E-state index is 0. The fraction of sp³-hybridized carbons (Fsp3) is 0.125. The van der Waals surface area contributed by atoms with Gasteiger partial charge in [0.15, 0.2) is 5.25 Å². The molecule has 75 valence electrons. The van der Waals surface area contributed by atoms with E-state index in [9.17, 15) is 17.8 Å². The Morgan fingerprint density at radius 1 is 1.27 bits per heavy atom. The zero-order valence-corrected chi connectivity index (χ0v) is 10.8. The summed E-state index contributed by atoms with van der Waals surface area (Å²) in [6, 6.07) is 7.26. The van der Waals surface area contributed by atoms with E-state index in [4.69, 9.17) is 5.73 Å². The van der Waals surface area contributed by atoms with E-state index in [1.54, 1.807) is 6.07 Å². The van der Waals surface area contributed by atoms with Gasteiger partial charge in [0.2, 0.25) is 0 Å². The molecular weight excluding hydrogens is 229 g/mol. The van der Waals surface area contributed by atoms with Crippen LogP contribution in [-0.4, -0.2) is 18.9 Å². The third kappa shape index (κ3) is 3.92. The van der Waals surface area contributed by atoms with E-state index in [0.717, 1.165) is 0 Å². The summed E-state index contributed by atoms with van der Waals surface area (Å²) in [6.07, 6.45) is 0. The Morgan fingerprint density at radius 2 is 1.73 bits per heavy atom. The third-order valence-corrected chi connectivity index (χ3v) is 2.69. The first-order valence-corrected chi connectivity index (χ1v) is 5.15. The summed E-state index contributed by atoms with van der Waals surface area (Å²) in [7, 11) is -4.80. The molecule has 1 rings (SSSR count). The van der Waals surface area contributed by atoms with Crippen molar-refractivity contribution in [3.05, 3.63) is 35.9 Å². The SMILES string of the molecule is [NH]C(=O)C(c1ccccc1)S(=O)(=O)[O-].[Na+]. The van der Waals surface area contributed by atoms with Gasteiger partial charge in [0.1, 0.15) is 10.1 Å². The Morgan fingerprint density at radius 3 is 2.07 bits per heavy atom. The number of amides is 1. The minimum atomic E-state index is -4.80. The van der Waals surface area contributed by atoms with Crippen molar-refractivity contribution >= 4 is 16.0 Å². The summed E-state index contributed by atoms with van der Waals surface area (Å²) >= 11 is 0. The first-order valence-electron chi connectivity index (χ1n) is 3.68. The van der Waals surface area contributed by atoms with Crippen LogP contribution in [0.1, 0.15) is 10.8 Å². The molecule has 0 saturated heterocycles. The predicted molar refractivity (Wildman–Crippen MR) is 47.0 cm³/mol.